The molecule has 16 heavy (non-hydrogen) atoms. The Hall–Kier alpha value is -1.57. The first-order chi connectivity index (χ1) is 7.63. The number of amides is 1. The Bertz CT molecular complexity index is 382. The molecule has 0 fully saturated rings. The Kier molecular flexibility index (Phi) is 4.77. The van der Waals surface area contributed by atoms with Crippen LogP contribution >= 0.6 is 0 Å². The standard InChI is InChI=1S/C14H19NO/c1-4-7-14(16)15-12(3)10-13-9-6-5-8-11(13)2/h4-9,12H,10H2,1-3H3,(H,15,16). The fraction of sp³-hybridized carbons (Fsp3) is 0.357. The van der Waals surface area contributed by atoms with Gasteiger partial charge in [0.15, 0.2) is 0 Å². The van der Waals surface area contributed by atoms with E-state index >= 15 is 0 Å². The van der Waals surface area contributed by atoms with Crippen LogP contribution in [-0.4, -0.2) is 11.9 Å². The maximum absolute atomic E-state index is 11.3. The van der Waals surface area contributed by atoms with E-state index in [0.717, 1.165) is 6.42 Å². The highest BCUT2D eigenvalue weighted by Gasteiger charge is 2.06. The van der Waals surface area contributed by atoms with E-state index in [-0.39, 0.29) is 11.9 Å². The third kappa shape index (κ3) is 3.89. The van der Waals surface area contributed by atoms with Gasteiger partial charge >= 0.3 is 0 Å². The summed E-state index contributed by atoms with van der Waals surface area (Å²) >= 11 is 0. The molecule has 1 aromatic carbocycles. The van der Waals surface area contributed by atoms with Gasteiger partial charge in [-0.3, -0.25) is 4.79 Å². The van der Waals surface area contributed by atoms with E-state index in [4.69, 9.17) is 0 Å². The highest BCUT2D eigenvalue weighted by molar-refractivity contribution is 5.87. The SMILES string of the molecule is CC=CC(=O)NC(C)Cc1ccccc1C. The predicted octanol–water partition coefficient (Wildman–Crippen LogP) is 2.62. The van der Waals surface area contributed by atoms with E-state index in [1.54, 1.807) is 12.2 Å². The van der Waals surface area contributed by atoms with Crippen LogP contribution in [0.1, 0.15) is 25.0 Å². The molecule has 1 unspecified atom stereocenters. The number of aryl methyl sites for hydroxylation is 1. The Balaban J connectivity index is 2.55. The van der Waals surface area contributed by atoms with E-state index in [2.05, 4.69) is 24.4 Å². The summed E-state index contributed by atoms with van der Waals surface area (Å²) in [6.07, 6.45) is 4.17. The van der Waals surface area contributed by atoms with Crippen LogP contribution in [-0.2, 0) is 11.2 Å². The molecule has 0 aliphatic carbocycles. The summed E-state index contributed by atoms with van der Waals surface area (Å²) in [5.74, 6) is -0.0245. The maximum atomic E-state index is 11.3. The van der Waals surface area contributed by atoms with Gasteiger partial charge in [-0.15, -0.1) is 0 Å². The first-order valence-electron chi connectivity index (χ1n) is 5.61. The zero-order valence-corrected chi connectivity index (χ0v) is 10.2. The smallest absolute Gasteiger partial charge is 0.243 e. The predicted molar refractivity (Wildman–Crippen MR) is 67.3 cm³/mol. The van der Waals surface area contributed by atoms with Gasteiger partial charge in [-0.1, -0.05) is 30.3 Å². The van der Waals surface area contributed by atoms with Gasteiger partial charge in [0.2, 0.25) is 5.91 Å². The zero-order chi connectivity index (χ0) is 12.0. The fourth-order valence-electron chi connectivity index (χ4n) is 1.66. The highest BCUT2D eigenvalue weighted by Crippen LogP contribution is 2.09. The van der Waals surface area contributed by atoms with Crippen molar-refractivity contribution in [2.75, 3.05) is 0 Å². The van der Waals surface area contributed by atoms with E-state index < -0.39 is 0 Å². The molecule has 1 N–H and O–H groups in total. The molecular weight excluding hydrogens is 198 g/mol. The van der Waals surface area contributed by atoms with Gasteiger partial charge in [0, 0.05) is 6.04 Å². The summed E-state index contributed by atoms with van der Waals surface area (Å²) in [4.78, 5) is 11.3. The number of nitrogens with one attached hydrogen (secondary N) is 1. The summed E-state index contributed by atoms with van der Waals surface area (Å²) in [5.41, 5.74) is 2.56. The van der Waals surface area contributed by atoms with Crippen molar-refractivity contribution in [3.63, 3.8) is 0 Å². The van der Waals surface area contributed by atoms with Gasteiger partial charge in [-0.05, 0) is 44.4 Å². The number of hydrogen-bond donors (Lipinski definition) is 1. The maximum Gasteiger partial charge on any atom is 0.243 e. The summed E-state index contributed by atoms with van der Waals surface area (Å²) in [6.45, 7) is 5.95. The van der Waals surface area contributed by atoms with Crippen LogP contribution in [0.5, 0.6) is 0 Å². The lowest BCUT2D eigenvalue weighted by atomic mass is 10.0. The van der Waals surface area contributed by atoms with E-state index in [1.807, 2.05) is 26.0 Å². The third-order valence-electron chi connectivity index (χ3n) is 2.49. The molecule has 1 rings (SSSR count). The van der Waals surface area contributed by atoms with Gasteiger partial charge in [-0.25, -0.2) is 0 Å². The van der Waals surface area contributed by atoms with Crippen LogP contribution in [0.15, 0.2) is 36.4 Å². The lowest BCUT2D eigenvalue weighted by Crippen LogP contribution is -2.32. The van der Waals surface area contributed by atoms with Crippen LogP contribution in [0.2, 0.25) is 0 Å². The second kappa shape index (κ2) is 6.11. The third-order valence-corrected chi connectivity index (χ3v) is 2.49. The van der Waals surface area contributed by atoms with Crippen LogP contribution in [0, 0.1) is 6.92 Å². The van der Waals surface area contributed by atoms with Crippen LogP contribution in [0.3, 0.4) is 0 Å². The largest absolute Gasteiger partial charge is 0.350 e. The first kappa shape index (κ1) is 12.5. The van der Waals surface area contributed by atoms with Crippen molar-refractivity contribution in [1.29, 1.82) is 0 Å². The minimum absolute atomic E-state index is 0.0245. The van der Waals surface area contributed by atoms with Gasteiger partial charge in [0.1, 0.15) is 0 Å². The number of carbonyl (C=O) groups excluding carboxylic acids is 1. The Morgan fingerprint density at radius 2 is 2.12 bits per heavy atom. The minimum atomic E-state index is -0.0245. The summed E-state index contributed by atoms with van der Waals surface area (Å²) in [6, 6.07) is 8.42. The van der Waals surface area contributed by atoms with Crippen molar-refractivity contribution < 1.29 is 4.79 Å². The molecule has 1 aromatic rings. The molecule has 0 saturated carbocycles. The lowest BCUT2D eigenvalue weighted by Gasteiger charge is -2.14. The molecule has 0 spiro atoms. The second-order valence-corrected chi connectivity index (χ2v) is 4.04. The molecule has 2 nitrogen and oxygen atoms in total. The average Bonchev–Trinajstić information content (AvgIpc) is 2.21. The molecule has 0 saturated heterocycles. The van der Waals surface area contributed by atoms with Crippen molar-refractivity contribution in [3.8, 4) is 0 Å². The monoisotopic (exact) mass is 217 g/mol. The highest BCUT2D eigenvalue weighted by atomic mass is 16.1. The second-order valence-electron chi connectivity index (χ2n) is 4.04. The number of allylic oxidation sites excluding steroid dienone is 1. The summed E-state index contributed by atoms with van der Waals surface area (Å²) < 4.78 is 0. The fourth-order valence-corrected chi connectivity index (χ4v) is 1.66. The van der Waals surface area contributed by atoms with Crippen LogP contribution in [0.25, 0.3) is 0 Å². The normalized spacial score (nSPS) is 12.7. The molecule has 0 aliphatic rings. The molecule has 0 aromatic heterocycles. The molecule has 2 heteroatoms. The number of carbonyl (C=O) groups is 1. The number of benzene rings is 1. The number of hydrogen-bond acceptors (Lipinski definition) is 1. The molecule has 0 aliphatic heterocycles. The van der Waals surface area contributed by atoms with E-state index in [0.29, 0.717) is 0 Å². The van der Waals surface area contributed by atoms with Crippen molar-refractivity contribution >= 4 is 5.91 Å². The van der Waals surface area contributed by atoms with Gasteiger partial charge < -0.3 is 5.32 Å². The first-order valence-corrected chi connectivity index (χ1v) is 5.61. The van der Waals surface area contributed by atoms with E-state index in [9.17, 15) is 4.79 Å². The molecule has 86 valence electrons. The molecule has 1 atom stereocenters. The minimum Gasteiger partial charge on any atom is -0.350 e. The Morgan fingerprint density at radius 3 is 2.75 bits per heavy atom. The van der Waals surface area contributed by atoms with E-state index in [1.165, 1.54) is 11.1 Å². The van der Waals surface area contributed by atoms with Crippen molar-refractivity contribution in [1.82, 2.24) is 5.32 Å². The molecule has 0 radical (unpaired) electrons. The van der Waals surface area contributed by atoms with Gasteiger partial charge in [0.25, 0.3) is 0 Å². The molecule has 0 bridgehead atoms. The van der Waals surface area contributed by atoms with Crippen LogP contribution in [0.4, 0.5) is 0 Å². The molecule has 1 amide bonds. The molecular formula is C14H19NO. The van der Waals surface area contributed by atoms with Crippen LogP contribution < -0.4 is 5.32 Å². The topological polar surface area (TPSA) is 29.1 Å². The quantitative estimate of drug-likeness (QED) is 0.772. The Labute approximate surface area is 97.4 Å². The lowest BCUT2D eigenvalue weighted by molar-refractivity contribution is -0.117. The van der Waals surface area contributed by atoms with Crippen molar-refractivity contribution in [2.24, 2.45) is 0 Å². The van der Waals surface area contributed by atoms with Crippen molar-refractivity contribution in [3.05, 3.63) is 47.5 Å². The zero-order valence-electron chi connectivity index (χ0n) is 10.2. The van der Waals surface area contributed by atoms with Gasteiger partial charge in [0.05, 0.1) is 0 Å². The number of rotatable bonds is 4. The van der Waals surface area contributed by atoms with Gasteiger partial charge in [-0.2, -0.15) is 0 Å². The molecule has 0 heterocycles. The Morgan fingerprint density at radius 1 is 1.44 bits per heavy atom. The average molecular weight is 217 g/mol. The van der Waals surface area contributed by atoms with Crippen molar-refractivity contribution in [2.45, 2.75) is 33.2 Å². The summed E-state index contributed by atoms with van der Waals surface area (Å²) in [7, 11) is 0. The summed E-state index contributed by atoms with van der Waals surface area (Å²) in [5, 5.41) is 2.93.